The Hall–Kier alpha value is -7.24. The fraction of sp³-hybridized carbons (Fsp3) is 0.545. The highest BCUT2D eigenvalue weighted by Gasteiger charge is 2.40. The van der Waals surface area contributed by atoms with Gasteiger partial charge < -0.3 is 63.0 Å². The van der Waals surface area contributed by atoms with Crippen LogP contribution in [0.2, 0.25) is 0 Å². The summed E-state index contributed by atoms with van der Waals surface area (Å²) in [5.41, 5.74) is 36.2. The molecule has 28 nitrogen and oxygen atoms in total. The normalized spacial score (nSPS) is 14.5. The summed E-state index contributed by atoms with van der Waals surface area (Å²) in [6, 6.07) is -0.571. The summed E-state index contributed by atoms with van der Waals surface area (Å²) < 4.78 is 20.3. The van der Waals surface area contributed by atoms with Gasteiger partial charge in [-0.05, 0) is 36.8 Å². The number of carbonyl (C=O) groups is 8. The second-order valence-corrected chi connectivity index (χ2v) is 17.3. The van der Waals surface area contributed by atoms with E-state index in [9.17, 15) is 58.6 Å². The van der Waals surface area contributed by atoms with Crippen molar-refractivity contribution in [1.82, 2.24) is 0 Å². The van der Waals surface area contributed by atoms with E-state index in [4.69, 9.17) is 63.0 Å². The topological polar surface area (TPSA) is 458 Å². The molecule has 6 unspecified atom stereocenters. The molecule has 0 aliphatic rings. The van der Waals surface area contributed by atoms with Crippen molar-refractivity contribution >= 4 is 70.1 Å². The number of Topliss-reactive ketones (excluding diaryl/α,β-unsaturated/α-hetero) is 2. The molecule has 0 amide bonds. The van der Waals surface area contributed by atoms with E-state index in [0.717, 1.165) is 36.4 Å². The maximum Gasteiger partial charge on any atom is 0.351 e. The number of esters is 4. The van der Waals surface area contributed by atoms with E-state index < -0.39 is 154 Å². The molecule has 0 saturated heterocycles. The van der Waals surface area contributed by atoms with Gasteiger partial charge >= 0.3 is 35.8 Å². The van der Waals surface area contributed by atoms with Crippen LogP contribution in [0.4, 0.5) is 22.7 Å². The van der Waals surface area contributed by atoms with Crippen molar-refractivity contribution in [2.24, 2.45) is 46.2 Å². The van der Waals surface area contributed by atoms with Gasteiger partial charge in [0.05, 0.1) is 22.0 Å². The Morgan fingerprint density at radius 3 is 1.19 bits per heavy atom. The summed E-state index contributed by atoms with van der Waals surface area (Å²) >= 11 is 0. The van der Waals surface area contributed by atoms with Gasteiger partial charge in [0.2, 0.25) is 0 Å². The lowest BCUT2D eigenvalue weighted by molar-refractivity contribution is -0.385. The number of rotatable bonds is 31. The SMILES string of the molecule is CCCC(N)(C(=O)ONc1ccc([N+](=O)[O-])cc1OC(=O)C(N)COC(=O)C(N)CC(=O)CCC(=O)CC(N)C(=O)OCC(N)C(=O)Oc1cc([N+](=O)[O-])ccc1NOC(=O)C(N)(CCC)C(C)C)C(C)C. The molecule has 0 fully saturated rings. The number of hydrogen-bond donors (Lipinski definition) is 8. The third-order valence-electron chi connectivity index (χ3n) is 11.0. The van der Waals surface area contributed by atoms with Gasteiger partial charge in [-0.25, -0.2) is 30.1 Å². The second-order valence-electron chi connectivity index (χ2n) is 17.3. The number of nitro benzene ring substituents is 2. The molecule has 28 heteroatoms. The molecule has 2 aromatic rings. The maximum atomic E-state index is 12.9. The number of hydrogen-bond acceptors (Lipinski definition) is 26. The molecule has 14 N–H and O–H groups in total. The minimum Gasteiger partial charge on any atom is -0.462 e. The Balaban J connectivity index is 1.88. The van der Waals surface area contributed by atoms with E-state index in [0.29, 0.717) is 12.8 Å². The molecule has 2 rings (SSSR count). The summed E-state index contributed by atoms with van der Waals surface area (Å²) in [4.78, 5) is 133. The van der Waals surface area contributed by atoms with Crippen molar-refractivity contribution in [3.8, 4) is 11.5 Å². The van der Waals surface area contributed by atoms with E-state index in [2.05, 4.69) is 11.0 Å². The lowest BCUT2D eigenvalue weighted by atomic mass is 9.83. The van der Waals surface area contributed by atoms with Crippen molar-refractivity contribution in [2.45, 2.75) is 128 Å². The van der Waals surface area contributed by atoms with Gasteiger partial charge in [0.15, 0.2) is 11.5 Å². The second kappa shape index (κ2) is 28.0. The van der Waals surface area contributed by atoms with Crippen molar-refractivity contribution in [3.05, 3.63) is 56.6 Å². The van der Waals surface area contributed by atoms with Crippen LogP contribution in [0, 0.1) is 32.1 Å². The highest BCUT2D eigenvalue weighted by Crippen LogP contribution is 2.32. The van der Waals surface area contributed by atoms with Crippen LogP contribution >= 0.6 is 0 Å². The van der Waals surface area contributed by atoms with Crippen LogP contribution in [-0.4, -0.2) is 106 Å². The third kappa shape index (κ3) is 17.9. The minimum atomic E-state index is -1.68. The van der Waals surface area contributed by atoms with Gasteiger partial charge in [-0.1, -0.05) is 54.4 Å². The molecular formula is C44H64N10O18. The molecule has 2 aromatic carbocycles. The number of nitrogens with two attached hydrogens (primary N) is 6. The molecule has 0 aliphatic heterocycles. The molecule has 0 radical (unpaired) electrons. The third-order valence-corrected chi connectivity index (χ3v) is 11.0. The first-order valence-corrected chi connectivity index (χ1v) is 22.5. The highest BCUT2D eigenvalue weighted by molar-refractivity contribution is 5.92. The van der Waals surface area contributed by atoms with Crippen LogP contribution < -0.4 is 54.8 Å². The Morgan fingerprint density at radius 1 is 0.569 bits per heavy atom. The summed E-state index contributed by atoms with van der Waals surface area (Å²) in [6.07, 6.45) is -0.493. The predicted octanol–water partition coefficient (Wildman–Crippen LogP) is 1.16. The number of anilines is 2. The number of nitro groups is 2. The zero-order valence-electron chi connectivity index (χ0n) is 40.7. The number of carbonyl (C=O) groups excluding carboxylic acids is 8. The molecule has 6 atom stereocenters. The fourth-order valence-corrected chi connectivity index (χ4v) is 6.26. The standard InChI is InChI=1S/C44H64N10O18/c1-7-15-43(49,23(3)4)41(61)71-51-33-13-9-25(53(63)64)17-35(33)69-39(59)31(47)21-67-37(57)29(45)19-27(55)11-12-28(56)20-30(46)38(58)68-22-32(48)40(60)70-36-18-26(54(65)66)10-14-34(36)52-72-42(62)44(50,16-8-2)24(5)6/h9-10,13-14,17-18,23-24,29-32,51-52H,7-8,11-12,15-16,19-22,45-50H2,1-6H3. The van der Waals surface area contributed by atoms with Gasteiger partial charge in [-0.3, -0.25) is 39.4 Å². The van der Waals surface area contributed by atoms with E-state index in [1.165, 1.54) is 0 Å². The van der Waals surface area contributed by atoms with Crippen LogP contribution in [-0.2, 0) is 57.5 Å². The quantitative estimate of drug-likeness (QED) is 0.0173. The van der Waals surface area contributed by atoms with Crippen LogP contribution in [0.15, 0.2) is 36.4 Å². The smallest absolute Gasteiger partial charge is 0.351 e. The zero-order valence-corrected chi connectivity index (χ0v) is 40.7. The monoisotopic (exact) mass is 1020 g/mol. The van der Waals surface area contributed by atoms with Crippen molar-refractivity contribution < 1.29 is 76.8 Å². The van der Waals surface area contributed by atoms with Gasteiger partial charge in [-0.15, -0.1) is 0 Å². The molecule has 398 valence electrons. The summed E-state index contributed by atoms with van der Waals surface area (Å²) in [7, 11) is 0. The summed E-state index contributed by atoms with van der Waals surface area (Å²) in [6.45, 7) is 8.86. The lowest BCUT2D eigenvalue weighted by Crippen LogP contribution is -2.53. The number of nitrogens with one attached hydrogen (secondary N) is 2. The van der Waals surface area contributed by atoms with Crippen molar-refractivity contribution in [1.29, 1.82) is 0 Å². The Kier molecular flexibility index (Phi) is 23.6. The van der Waals surface area contributed by atoms with Gasteiger partial charge in [0, 0.05) is 37.8 Å². The van der Waals surface area contributed by atoms with Crippen molar-refractivity contribution in [3.63, 3.8) is 0 Å². The van der Waals surface area contributed by atoms with Gasteiger partial charge in [-0.2, -0.15) is 0 Å². The van der Waals surface area contributed by atoms with E-state index >= 15 is 0 Å². The average Bonchev–Trinajstić information content (AvgIpc) is 3.32. The maximum absolute atomic E-state index is 12.9. The molecule has 72 heavy (non-hydrogen) atoms. The Morgan fingerprint density at radius 2 is 0.903 bits per heavy atom. The molecule has 0 bridgehead atoms. The largest absolute Gasteiger partial charge is 0.462 e. The molecule has 0 saturated carbocycles. The number of nitrogens with zero attached hydrogens (tertiary/aromatic N) is 2. The first-order valence-electron chi connectivity index (χ1n) is 22.5. The molecule has 0 aliphatic carbocycles. The molecule has 0 heterocycles. The fourth-order valence-electron chi connectivity index (χ4n) is 6.26. The highest BCUT2D eigenvalue weighted by atomic mass is 16.7. The van der Waals surface area contributed by atoms with E-state index in [1.54, 1.807) is 27.7 Å². The summed E-state index contributed by atoms with van der Waals surface area (Å²) in [5.74, 6) is -9.54. The number of non-ortho nitro benzene ring substituents is 2. The number of ketones is 2. The van der Waals surface area contributed by atoms with Gasteiger partial charge in [0.25, 0.3) is 11.4 Å². The molecule has 0 spiro atoms. The Bertz CT molecular complexity index is 2160. The van der Waals surface area contributed by atoms with E-state index in [1.807, 2.05) is 13.8 Å². The first-order chi connectivity index (χ1) is 33.6. The minimum absolute atomic E-state index is 0.196. The zero-order chi connectivity index (χ0) is 54.7. The van der Waals surface area contributed by atoms with Crippen LogP contribution in [0.5, 0.6) is 11.5 Å². The van der Waals surface area contributed by atoms with Crippen molar-refractivity contribution in [2.75, 3.05) is 24.2 Å². The summed E-state index contributed by atoms with van der Waals surface area (Å²) in [5, 5.41) is 22.8. The van der Waals surface area contributed by atoms with Gasteiger partial charge in [0.1, 0.15) is 71.4 Å². The van der Waals surface area contributed by atoms with Crippen LogP contribution in [0.3, 0.4) is 0 Å². The molecule has 0 aromatic heterocycles. The number of ether oxygens (including phenoxy) is 4. The lowest BCUT2D eigenvalue weighted by Gasteiger charge is -2.30. The number of benzene rings is 2. The molecular weight excluding hydrogens is 957 g/mol. The predicted molar refractivity (Wildman–Crippen MR) is 253 cm³/mol. The Labute approximate surface area is 412 Å². The average molecular weight is 1020 g/mol. The van der Waals surface area contributed by atoms with Crippen LogP contribution in [0.25, 0.3) is 0 Å². The first kappa shape index (κ1) is 60.9. The van der Waals surface area contributed by atoms with Crippen LogP contribution in [0.1, 0.15) is 92.9 Å². The van der Waals surface area contributed by atoms with E-state index in [-0.39, 0.29) is 36.1 Å².